The van der Waals surface area contributed by atoms with Gasteiger partial charge in [0.05, 0.1) is 6.10 Å². The van der Waals surface area contributed by atoms with Crippen molar-refractivity contribution >= 4 is 0 Å². The number of β-amino-alcohol motifs (C(OH)–C–C–N with tert-alkyl or cyclic N) is 1. The van der Waals surface area contributed by atoms with Crippen LogP contribution in [0.5, 0.6) is 0 Å². The van der Waals surface area contributed by atoms with Crippen molar-refractivity contribution in [3.8, 4) is 0 Å². The SMILES string of the molecule is OC1C=C(CC2=CCCC2)CNC1. The van der Waals surface area contributed by atoms with Crippen molar-refractivity contribution in [1.82, 2.24) is 5.32 Å². The zero-order valence-corrected chi connectivity index (χ0v) is 7.92. The largest absolute Gasteiger partial charge is 0.388 e. The van der Waals surface area contributed by atoms with Gasteiger partial charge in [-0.3, -0.25) is 0 Å². The fraction of sp³-hybridized carbons (Fsp3) is 0.636. The molecule has 0 amide bonds. The maximum Gasteiger partial charge on any atom is 0.0848 e. The van der Waals surface area contributed by atoms with Crippen molar-refractivity contribution in [2.24, 2.45) is 0 Å². The second kappa shape index (κ2) is 4.07. The fourth-order valence-electron chi connectivity index (χ4n) is 2.08. The van der Waals surface area contributed by atoms with Crippen LogP contribution >= 0.6 is 0 Å². The Morgan fingerprint density at radius 2 is 2.38 bits per heavy atom. The van der Waals surface area contributed by atoms with Gasteiger partial charge < -0.3 is 10.4 Å². The lowest BCUT2D eigenvalue weighted by Gasteiger charge is -2.18. The van der Waals surface area contributed by atoms with Gasteiger partial charge in [0, 0.05) is 13.1 Å². The second-order valence-corrected chi connectivity index (χ2v) is 3.95. The Hall–Kier alpha value is -0.600. The van der Waals surface area contributed by atoms with E-state index in [4.69, 9.17) is 0 Å². The summed E-state index contributed by atoms with van der Waals surface area (Å²) in [4.78, 5) is 0. The summed E-state index contributed by atoms with van der Waals surface area (Å²) < 4.78 is 0. The molecule has 13 heavy (non-hydrogen) atoms. The highest BCUT2D eigenvalue weighted by atomic mass is 16.3. The number of hydrogen-bond donors (Lipinski definition) is 2. The molecule has 0 aromatic rings. The van der Waals surface area contributed by atoms with E-state index in [-0.39, 0.29) is 6.10 Å². The summed E-state index contributed by atoms with van der Waals surface area (Å²) in [7, 11) is 0. The molecular formula is C11H17NO. The van der Waals surface area contributed by atoms with Crippen LogP contribution in [0.3, 0.4) is 0 Å². The number of allylic oxidation sites excluding steroid dienone is 2. The molecule has 0 aromatic carbocycles. The molecule has 1 unspecified atom stereocenters. The number of rotatable bonds is 2. The monoisotopic (exact) mass is 179 g/mol. The molecule has 0 fully saturated rings. The van der Waals surface area contributed by atoms with Crippen LogP contribution < -0.4 is 5.32 Å². The van der Waals surface area contributed by atoms with Crippen molar-refractivity contribution in [2.75, 3.05) is 13.1 Å². The summed E-state index contributed by atoms with van der Waals surface area (Å²) in [6.07, 6.45) is 8.98. The minimum absolute atomic E-state index is 0.272. The van der Waals surface area contributed by atoms with Gasteiger partial charge in [0.15, 0.2) is 0 Å². The van der Waals surface area contributed by atoms with E-state index >= 15 is 0 Å². The maximum absolute atomic E-state index is 9.40. The van der Waals surface area contributed by atoms with E-state index in [2.05, 4.69) is 11.4 Å². The molecule has 0 spiro atoms. The van der Waals surface area contributed by atoms with Crippen molar-refractivity contribution in [2.45, 2.75) is 31.8 Å². The lowest BCUT2D eigenvalue weighted by Crippen LogP contribution is -2.32. The predicted molar refractivity (Wildman–Crippen MR) is 53.5 cm³/mol. The van der Waals surface area contributed by atoms with Crippen LogP contribution in [0, 0.1) is 0 Å². The lowest BCUT2D eigenvalue weighted by molar-refractivity contribution is 0.212. The third-order valence-electron chi connectivity index (χ3n) is 2.72. The van der Waals surface area contributed by atoms with Gasteiger partial charge in [0.25, 0.3) is 0 Å². The van der Waals surface area contributed by atoms with Gasteiger partial charge in [0.1, 0.15) is 0 Å². The zero-order valence-electron chi connectivity index (χ0n) is 7.92. The van der Waals surface area contributed by atoms with Gasteiger partial charge in [-0.05, 0) is 25.7 Å². The quantitative estimate of drug-likeness (QED) is 0.628. The average molecular weight is 179 g/mol. The molecule has 1 aliphatic carbocycles. The maximum atomic E-state index is 9.40. The molecule has 2 heteroatoms. The first-order valence-corrected chi connectivity index (χ1v) is 5.11. The molecule has 1 atom stereocenters. The molecule has 0 radical (unpaired) electrons. The van der Waals surface area contributed by atoms with E-state index in [9.17, 15) is 5.11 Å². The van der Waals surface area contributed by atoms with Gasteiger partial charge in [-0.1, -0.05) is 23.3 Å². The zero-order chi connectivity index (χ0) is 9.10. The van der Waals surface area contributed by atoms with E-state index in [0.717, 1.165) is 13.0 Å². The molecule has 1 aliphatic heterocycles. The van der Waals surface area contributed by atoms with Crippen LogP contribution in [-0.2, 0) is 0 Å². The van der Waals surface area contributed by atoms with Crippen molar-refractivity contribution < 1.29 is 5.11 Å². The Bertz CT molecular complexity index is 242. The molecule has 0 bridgehead atoms. The van der Waals surface area contributed by atoms with Gasteiger partial charge in [-0.2, -0.15) is 0 Å². The van der Waals surface area contributed by atoms with Crippen molar-refractivity contribution in [3.05, 3.63) is 23.3 Å². The second-order valence-electron chi connectivity index (χ2n) is 3.95. The minimum atomic E-state index is -0.272. The van der Waals surface area contributed by atoms with E-state index < -0.39 is 0 Å². The highest BCUT2D eigenvalue weighted by molar-refractivity contribution is 5.21. The van der Waals surface area contributed by atoms with E-state index in [1.165, 1.54) is 24.8 Å². The summed E-state index contributed by atoms with van der Waals surface area (Å²) in [5, 5.41) is 12.6. The number of nitrogens with one attached hydrogen (secondary N) is 1. The van der Waals surface area contributed by atoms with Crippen molar-refractivity contribution in [3.63, 3.8) is 0 Å². The summed E-state index contributed by atoms with van der Waals surface area (Å²) in [5.74, 6) is 0. The molecule has 72 valence electrons. The Morgan fingerprint density at radius 3 is 3.08 bits per heavy atom. The van der Waals surface area contributed by atoms with Crippen LogP contribution in [0.2, 0.25) is 0 Å². The number of hydrogen-bond acceptors (Lipinski definition) is 2. The topological polar surface area (TPSA) is 32.3 Å². The molecule has 0 saturated carbocycles. The normalized spacial score (nSPS) is 28.5. The molecule has 2 nitrogen and oxygen atoms in total. The van der Waals surface area contributed by atoms with E-state index in [1.807, 2.05) is 6.08 Å². The summed E-state index contributed by atoms with van der Waals surface area (Å²) >= 11 is 0. The predicted octanol–water partition coefficient (Wildman–Crippen LogP) is 1.38. The molecular weight excluding hydrogens is 162 g/mol. The first-order chi connectivity index (χ1) is 6.34. The third-order valence-corrected chi connectivity index (χ3v) is 2.72. The number of aliphatic hydroxyl groups is 1. The van der Waals surface area contributed by atoms with Gasteiger partial charge in [-0.25, -0.2) is 0 Å². The summed E-state index contributed by atoms with van der Waals surface area (Å²) in [6.45, 7) is 1.66. The highest BCUT2D eigenvalue weighted by Gasteiger charge is 2.12. The van der Waals surface area contributed by atoms with Crippen LogP contribution in [-0.4, -0.2) is 24.3 Å². The van der Waals surface area contributed by atoms with E-state index in [0.29, 0.717) is 6.54 Å². The first kappa shape index (κ1) is 8.97. The Balaban J connectivity index is 1.93. The fourth-order valence-corrected chi connectivity index (χ4v) is 2.08. The average Bonchev–Trinajstić information content (AvgIpc) is 2.57. The van der Waals surface area contributed by atoms with Crippen LogP contribution in [0.15, 0.2) is 23.3 Å². The Kier molecular flexibility index (Phi) is 2.81. The van der Waals surface area contributed by atoms with Crippen LogP contribution in [0.1, 0.15) is 25.7 Å². The standard InChI is InChI=1S/C11H17NO/c13-11-6-10(7-12-8-11)5-9-3-1-2-4-9/h3,6,11-13H,1-2,4-5,7-8H2. The minimum Gasteiger partial charge on any atom is -0.388 e. The van der Waals surface area contributed by atoms with Gasteiger partial charge >= 0.3 is 0 Å². The highest BCUT2D eigenvalue weighted by Crippen LogP contribution is 2.24. The first-order valence-electron chi connectivity index (χ1n) is 5.11. The molecule has 2 N–H and O–H groups in total. The number of aliphatic hydroxyl groups excluding tert-OH is 1. The molecule has 0 aromatic heterocycles. The van der Waals surface area contributed by atoms with Gasteiger partial charge in [0.2, 0.25) is 0 Å². The van der Waals surface area contributed by atoms with Crippen molar-refractivity contribution in [1.29, 1.82) is 0 Å². The Labute approximate surface area is 79.3 Å². The van der Waals surface area contributed by atoms with E-state index in [1.54, 1.807) is 5.57 Å². The molecule has 2 aliphatic rings. The molecule has 2 rings (SSSR count). The summed E-state index contributed by atoms with van der Waals surface area (Å²) in [6, 6.07) is 0. The van der Waals surface area contributed by atoms with Crippen LogP contribution in [0.25, 0.3) is 0 Å². The molecule has 1 heterocycles. The van der Waals surface area contributed by atoms with Gasteiger partial charge in [-0.15, -0.1) is 0 Å². The Morgan fingerprint density at radius 1 is 1.46 bits per heavy atom. The lowest BCUT2D eigenvalue weighted by atomic mass is 10.0. The molecule has 0 saturated heterocycles. The van der Waals surface area contributed by atoms with Crippen LogP contribution in [0.4, 0.5) is 0 Å². The third kappa shape index (κ3) is 2.42. The smallest absolute Gasteiger partial charge is 0.0848 e. The summed E-state index contributed by atoms with van der Waals surface area (Å²) in [5.41, 5.74) is 2.91.